The van der Waals surface area contributed by atoms with E-state index < -0.39 is 0 Å². The van der Waals surface area contributed by atoms with Crippen molar-refractivity contribution >= 4 is 38.4 Å². The highest BCUT2D eigenvalue weighted by Gasteiger charge is 2.10. The Bertz CT molecular complexity index is 464. The molecule has 1 aromatic heterocycles. The highest BCUT2D eigenvalue weighted by atomic mass is 79.9. The summed E-state index contributed by atoms with van der Waals surface area (Å²) in [7, 11) is 1.91. The van der Waals surface area contributed by atoms with E-state index in [1.54, 1.807) is 0 Å². The van der Waals surface area contributed by atoms with Crippen LogP contribution in [-0.4, -0.2) is 12.0 Å². The van der Waals surface area contributed by atoms with Crippen LogP contribution in [-0.2, 0) is 6.54 Å². The Morgan fingerprint density at radius 3 is 3.00 bits per heavy atom. The number of fused-ring (bicyclic) bond motifs is 1. The van der Waals surface area contributed by atoms with Crippen LogP contribution < -0.4 is 5.32 Å². The lowest BCUT2D eigenvalue weighted by atomic mass is 10.2. The van der Waals surface area contributed by atoms with Gasteiger partial charge in [0.2, 0.25) is 0 Å². The topological polar surface area (TPSA) is 27.8 Å². The van der Waals surface area contributed by atoms with E-state index in [1.807, 2.05) is 19.2 Å². The summed E-state index contributed by atoms with van der Waals surface area (Å²) in [5.41, 5.74) is 2.17. The molecule has 2 aromatic rings. The van der Waals surface area contributed by atoms with E-state index in [0.717, 1.165) is 22.1 Å². The van der Waals surface area contributed by atoms with E-state index in [1.165, 1.54) is 5.39 Å². The predicted octanol–water partition coefficient (Wildman–Crippen LogP) is 3.30. The van der Waals surface area contributed by atoms with Crippen molar-refractivity contribution in [3.63, 3.8) is 0 Å². The van der Waals surface area contributed by atoms with Gasteiger partial charge in [0.25, 0.3) is 0 Å². The van der Waals surface area contributed by atoms with Crippen LogP contribution in [0.3, 0.4) is 0 Å². The third-order valence-corrected chi connectivity index (χ3v) is 3.18. The second kappa shape index (κ2) is 3.93. The molecule has 4 heteroatoms. The molecule has 0 aliphatic heterocycles. The Balaban J connectivity index is 2.70. The molecular formula is C10H10BrClN2. The molecule has 0 amide bonds. The van der Waals surface area contributed by atoms with Crippen molar-refractivity contribution in [2.45, 2.75) is 6.54 Å². The van der Waals surface area contributed by atoms with Gasteiger partial charge >= 0.3 is 0 Å². The molecule has 0 bridgehead atoms. The van der Waals surface area contributed by atoms with Crippen molar-refractivity contribution in [2.75, 3.05) is 7.05 Å². The number of para-hydroxylation sites is 1. The zero-order valence-electron chi connectivity index (χ0n) is 7.70. The van der Waals surface area contributed by atoms with Crippen molar-refractivity contribution < 1.29 is 0 Å². The fourth-order valence-electron chi connectivity index (χ4n) is 1.56. The zero-order valence-corrected chi connectivity index (χ0v) is 10.0. The summed E-state index contributed by atoms with van der Waals surface area (Å²) >= 11 is 9.59. The standard InChI is InChI=1S/C10H10BrClN2/c1-13-5-7-6-3-2-4-8(11)9(6)14-10(7)12/h2-4,13-14H,5H2,1H3. The van der Waals surface area contributed by atoms with Gasteiger partial charge in [-0.15, -0.1) is 0 Å². The molecular weight excluding hydrogens is 263 g/mol. The number of nitrogens with one attached hydrogen (secondary N) is 2. The molecule has 2 N–H and O–H groups in total. The van der Waals surface area contributed by atoms with E-state index in [-0.39, 0.29) is 0 Å². The molecule has 0 fully saturated rings. The third kappa shape index (κ3) is 1.56. The number of halogens is 2. The van der Waals surface area contributed by atoms with Crippen molar-refractivity contribution in [3.05, 3.63) is 33.4 Å². The van der Waals surface area contributed by atoms with Gasteiger partial charge in [-0.3, -0.25) is 0 Å². The Morgan fingerprint density at radius 1 is 1.50 bits per heavy atom. The summed E-state index contributed by atoms with van der Waals surface area (Å²) in [5.74, 6) is 0. The first-order valence-corrected chi connectivity index (χ1v) is 5.50. The molecule has 0 saturated heterocycles. The first-order valence-electron chi connectivity index (χ1n) is 4.33. The molecule has 74 valence electrons. The number of hydrogen-bond acceptors (Lipinski definition) is 1. The highest BCUT2D eigenvalue weighted by Crippen LogP contribution is 2.30. The van der Waals surface area contributed by atoms with Gasteiger partial charge in [-0.2, -0.15) is 0 Å². The molecule has 0 aliphatic carbocycles. The van der Waals surface area contributed by atoms with E-state index in [9.17, 15) is 0 Å². The van der Waals surface area contributed by atoms with E-state index in [0.29, 0.717) is 5.15 Å². The number of aromatic nitrogens is 1. The second-order valence-corrected chi connectivity index (χ2v) is 4.34. The molecule has 2 rings (SSSR count). The van der Waals surface area contributed by atoms with E-state index in [2.05, 4.69) is 32.3 Å². The summed E-state index contributed by atoms with van der Waals surface area (Å²) in [6, 6.07) is 6.07. The summed E-state index contributed by atoms with van der Waals surface area (Å²) in [4.78, 5) is 3.16. The van der Waals surface area contributed by atoms with Gasteiger partial charge in [-0.1, -0.05) is 23.7 Å². The minimum atomic E-state index is 0.709. The van der Waals surface area contributed by atoms with Gasteiger partial charge in [0.05, 0.1) is 5.52 Å². The predicted molar refractivity (Wildman–Crippen MR) is 63.8 cm³/mol. The van der Waals surface area contributed by atoms with Gasteiger partial charge in [-0.05, 0) is 29.0 Å². The Labute approximate surface area is 95.8 Å². The van der Waals surface area contributed by atoms with Crippen molar-refractivity contribution in [2.24, 2.45) is 0 Å². The molecule has 14 heavy (non-hydrogen) atoms. The minimum Gasteiger partial charge on any atom is -0.344 e. The lowest BCUT2D eigenvalue weighted by molar-refractivity contribution is 0.823. The number of hydrogen-bond donors (Lipinski definition) is 2. The molecule has 0 aliphatic rings. The molecule has 1 aromatic carbocycles. The van der Waals surface area contributed by atoms with Crippen LogP contribution in [0, 0.1) is 0 Å². The Morgan fingerprint density at radius 2 is 2.29 bits per heavy atom. The molecule has 0 atom stereocenters. The molecule has 0 radical (unpaired) electrons. The van der Waals surface area contributed by atoms with E-state index in [4.69, 9.17) is 11.6 Å². The van der Waals surface area contributed by atoms with Crippen LogP contribution in [0.5, 0.6) is 0 Å². The number of rotatable bonds is 2. The summed E-state index contributed by atoms with van der Waals surface area (Å²) in [6.45, 7) is 0.773. The number of aromatic amines is 1. The SMILES string of the molecule is CNCc1c(Cl)[nH]c2c(Br)cccc12. The van der Waals surface area contributed by atoms with Crippen LogP contribution in [0.15, 0.2) is 22.7 Å². The second-order valence-electron chi connectivity index (χ2n) is 3.11. The van der Waals surface area contributed by atoms with Gasteiger partial charge < -0.3 is 10.3 Å². The van der Waals surface area contributed by atoms with Crippen LogP contribution in [0.25, 0.3) is 10.9 Å². The Hall–Kier alpha value is -0.510. The maximum absolute atomic E-state index is 6.10. The van der Waals surface area contributed by atoms with Crippen LogP contribution in [0.4, 0.5) is 0 Å². The lowest BCUT2D eigenvalue weighted by Crippen LogP contribution is -2.04. The summed E-state index contributed by atoms with van der Waals surface area (Å²) in [5, 5.41) is 4.98. The maximum Gasteiger partial charge on any atom is 0.111 e. The normalized spacial score (nSPS) is 11.1. The number of H-pyrrole nitrogens is 1. The zero-order chi connectivity index (χ0) is 10.1. The van der Waals surface area contributed by atoms with Crippen molar-refractivity contribution in [3.8, 4) is 0 Å². The molecule has 0 spiro atoms. The minimum absolute atomic E-state index is 0.709. The van der Waals surface area contributed by atoms with Crippen LogP contribution in [0.2, 0.25) is 5.15 Å². The lowest BCUT2D eigenvalue weighted by Gasteiger charge is -1.98. The monoisotopic (exact) mass is 272 g/mol. The van der Waals surface area contributed by atoms with Crippen LogP contribution in [0.1, 0.15) is 5.56 Å². The average Bonchev–Trinajstić information content (AvgIpc) is 2.47. The largest absolute Gasteiger partial charge is 0.344 e. The first kappa shape index (κ1) is 10.0. The quantitative estimate of drug-likeness (QED) is 0.863. The van der Waals surface area contributed by atoms with Gasteiger partial charge in [0, 0.05) is 22.0 Å². The van der Waals surface area contributed by atoms with Gasteiger partial charge in [0.1, 0.15) is 5.15 Å². The summed E-state index contributed by atoms with van der Waals surface area (Å²) < 4.78 is 1.04. The van der Waals surface area contributed by atoms with Crippen molar-refractivity contribution in [1.29, 1.82) is 0 Å². The molecule has 2 nitrogen and oxygen atoms in total. The highest BCUT2D eigenvalue weighted by molar-refractivity contribution is 9.10. The average molecular weight is 274 g/mol. The number of benzene rings is 1. The molecule has 1 heterocycles. The molecule has 0 saturated carbocycles. The van der Waals surface area contributed by atoms with Crippen LogP contribution >= 0.6 is 27.5 Å². The van der Waals surface area contributed by atoms with Gasteiger partial charge in [-0.25, -0.2) is 0 Å². The van der Waals surface area contributed by atoms with Gasteiger partial charge in [0.15, 0.2) is 0 Å². The maximum atomic E-state index is 6.10. The van der Waals surface area contributed by atoms with E-state index >= 15 is 0 Å². The van der Waals surface area contributed by atoms with Crippen molar-refractivity contribution in [1.82, 2.24) is 10.3 Å². The Kier molecular flexibility index (Phi) is 2.81. The molecule has 0 unspecified atom stereocenters. The first-order chi connectivity index (χ1) is 6.74. The smallest absolute Gasteiger partial charge is 0.111 e. The third-order valence-electron chi connectivity index (χ3n) is 2.19. The fraction of sp³-hybridized carbons (Fsp3) is 0.200. The summed E-state index contributed by atoms with van der Waals surface area (Å²) in [6.07, 6.45) is 0. The fourth-order valence-corrected chi connectivity index (χ4v) is 2.28.